The van der Waals surface area contributed by atoms with Gasteiger partial charge in [-0.15, -0.1) is 0 Å². The van der Waals surface area contributed by atoms with Crippen molar-refractivity contribution >= 4 is 16.9 Å². The number of piperidine rings is 1. The van der Waals surface area contributed by atoms with Gasteiger partial charge in [-0.05, 0) is 43.7 Å². The highest BCUT2D eigenvalue weighted by Crippen LogP contribution is 2.35. The molecule has 5 nitrogen and oxygen atoms in total. The zero-order valence-electron chi connectivity index (χ0n) is 14.0. The molecule has 2 aliphatic rings. The van der Waals surface area contributed by atoms with Gasteiger partial charge >= 0.3 is 0 Å². The summed E-state index contributed by atoms with van der Waals surface area (Å²) in [5.41, 5.74) is 1.76. The number of nitrogens with zero attached hydrogens (tertiary/aromatic N) is 3. The Morgan fingerprint density at radius 1 is 1.17 bits per heavy atom. The largest absolute Gasteiger partial charge is 0.388 e. The Bertz CT molecular complexity index is 737. The highest BCUT2D eigenvalue weighted by Gasteiger charge is 2.35. The first-order valence-electron chi connectivity index (χ1n) is 9.12. The molecule has 0 radical (unpaired) electrons. The maximum absolute atomic E-state index is 13.0. The predicted octanol–water partition coefficient (Wildman–Crippen LogP) is 2.71. The predicted molar refractivity (Wildman–Crippen MR) is 92.3 cm³/mol. The number of aliphatic hydroxyl groups is 1. The van der Waals surface area contributed by atoms with Crippen molar-refractivity contribution in [2.24, 2.45) is 5.92 Å². The Morgan fingerprint density at radius 3 is 2.83 bits per heavy atom. The topological polar surface area (TPSA) is 58.4 Å². The molecule has 5 heteroatoms. The lowest BCUT2D eigenvalue weighted by Gasteiger charge is -2.44. The Kier molecular flexibility index (Phi) is 4.27. The van der Waals surface area contributed by atoms with Crippen LogP contribution in [-0.2, 0) is 17.9 Å². The van der Waals surface area contributed by atoms with Gasteiger partial charge in [0.2, 0.25) is 5.91 Å². The third kappa shape index (κ3) is 2.71. The van der Waals surface area contributed by atoms with Gasteiger partial charge in [0, 0.05) is 12.6 Å². The zero-order valence-corrected chi connectivity index (χ0v) is 14.0. The molecule has 24 heavy (non-hydrogen) atoms. The SMILES string of the molecule is O=C(Cn1c(CO)nc2ccccc21)N1CCC[C@H]2CCCC[C@H]21. The summed E-state index contributed by atoms with van der Waals surface area (Å²) in [5.74, 6) is 1.43. The summed E-state index contributed by atoms with van der Waals surface area (Å²) in [7, 11) is 0. The van der Waals surface area contributed by atoms with Crippen LogP contribution in [0.1, 0.15) is 44.3 Å². The molecule has 1 aliphatic heterocycles. The lowest BCUT2D eigenvalue weighted by Crippen LogP contribution is -2.50. The van der Waals surface area contributed by atoms with Gasteiger partial charge in [-0.3, -0.25) is 4.79 Å². The molecule has 1 amide bonds. The Hall–Kier alpha value is -1.88. The molecule has 2 heterocycles. The van der Waals surface area contributed by atoms with Crippen LogP contribution < -0.4 is 0 Å². The Labute approximate surface area is 142 Å². The summed E-state index contributed by atoms with van der Waals surface area (Å²) < 4.78 is 1.88. The number of imidazole rings is 1. The zero-order chi connectivity index (χ0) is 16.5. The van der Waals surface area contributed by atoms with Crippen LogP contribution in [0.3, 0.4) is 0 Å². The number of hydrogen-bond donors (Lipinski definition) is 1. The van der Waals surface area contributed by atoms with E-state index in [1.165, 1.54) is 25.7 Å². The van der Waals surface area contributed by atoms with E-state index >= 15 is 0 Å². The smallest absolute Gasteiger partial charge is 0.242 e. The van der Waals surface area contributed by atoms with Gasteiger partial charge in [0.15, 0.2) is 0 Å². The van der Waals surface area contributed by atoms with Gasteiger partial charge in [-0.2, -0.15) is 0 Å². The number of rotatable bonds is 3. The average molecular weight is 327 g/mol. The molecule has 128 valence electrons. The summed E-state index contributed by atoms with van der Waals surface area (Å²) in [6.07, 6.45) is 7.35. The third-order valence-corrected chi connectivity index (χ3v) is 5.73. The van der Waals surface area contributed by atoms with Crippen LogP contribution in [-0.4, -0.2) is 38.1 Å². The molecule has 2 aromatic rings. The average Bonchev–Trinajstić information content (AvgIpc) is 2.99. The van der Waals surface area contributed by atoms with Crippen LogP contribution in [0.4, 0.5) is 0 Å². The molecule has 4 rings (SSSR count). The monoisotopic (exact) mass is 327 g/mol. The molecule has 1 N–H and O–H groups in total. The number of amides is 1. The van der Waals surface area contributed by atoms with Gasteiger partial charge in [0.1, 0.15) is 19.0 Å². The van der Waals surface area contributed by atoms with Crippen molar-refractivity contribution in [3.63, 3.8) is 0 Å². The van der Waals surface area contributed by atoms with Gasteiger partial charge in [0.25, 0.3) is 0 Å². The summed E-state index contributed by atoms with van der Waals surface area (Å²) in [5, 5.41) is 9.62. The normalized spacial score (nSPS) is 24.1. The van der Waals surface area contributed by atoms with Crippen LogP contribution in [0.5, 0.6) is 0 Å². The molecule has 2 atom stereocenters. The number of carbonyl (C=O) groups excluding carboxylic acids is 1. The standard InChI is InChI=1S/C19H25N3O2/c23-13-18-20-15-8-2-4-10-17(15)22(18)12-19(24)21-11-5-7-14-6-1-3-9-16(14)21/h2,4,8,10,14,16,23H,1,3,5-7,9,11-13H2/t14-,16-/m1/s1. The Morgan fingerprint density at radius 2 is 1.96 bits per heavy atom. The van der Waals surface area contributed by atoms with E-state index in [2.05, 4.69) is 9.88 Å². The second-order valence-electron chi connectivity index (χ2n) is 7.10. The summed E-state index contributed by atoms with van der Waals surface area (Å²) in [6.45, 7) is 1.01. The fourth-order valence-corrected chi connectivity index (χ4v) is 4.58. The van der Waals surface area contributed by atoms with E-state index in [9.17, 15) is 9.90 Å². The van der Waals surface area contributed by atoms with E-state index < -0.39 is 0 Å². The van der Waals surface area contributed by atoms with Crippen LogP contribution in [0.2, 0.25) is 0 Å². The molecule has 1 aliphatic carbocycles. The van der Waals surface area contributed by atoms with Crippen LogP contribution in [0, 0.1) is 5.92 Å². The number of fused-ring (bicyclic) bond motifs is 2. The first-order valence-corrected chi connectivity index (χ1v) is 9.12. The van der Waals surface area contributed by atoms with E-state index in [-0.39, 0.29) is 19.1 Å². The number of hydrogen-bond acceptors (Lipinski definition) is 3. The molecular weight excluding hydrogens is 302 g/mol. The van der Waals surface area contributed by atoms with Gasteiger partial charge < -0.3 is 14.6 Å². The van der Waals surface area contributed by atoms with Crippen LogP contribution in [0.15, 0.2) is 24.3 Å². The first kappa shape index (κ1) is 15.6. The lowest BCUT2D eigenvalue weighted by atomic mass is 9.78. The minimum Gasteiger partial charge on any atom is -0.388 e. The van der Waals surface area contributed by atoms with E-state index in [4.69, 9.17) is 0 Å². The van der Waals surface area contributed by atoms with Crippen molar-refractivity contribution < 1.29 is 9.90 Å². The van der Waals surface area contributed by atoms with Gasteiger partial charge in [-0.25, -0.2) is 4.98 Å². The second kappa shape index (κ2) is 6.55. The first-order chi connectivity index (χ1) is 11.8. The number of para-hydroxylation sites is 2. The van der Waals surface area contributed by atoms with Crippen molar-refractivity contribution in [1.82, 2.24) is 14.5 Å². The fraction of sp³-hybridized carbons (Fsp3) is 0.579. The van der Waals surface area contributed by atoms with E-state index in [0.29, 0.717) is 17.8 Å². The lowest BCUT2D eigenvalue weighted by molar-refractivity contribution is -0.138. The number of likely N-dealkylation sites (tertiary alicyclic amines) is 1. The quantitative estimate of drug-likeness (QED) is 0.943. The van der Waals surface area contributed by atoms with Crippen molar-refractivity contribution in [2.45, 2.75) is 57.7 Å². The van der Waals surface area contributed by atoms with E-state index in [1.807, 2.05) is 28.8 Å². The minimum absolute atomic E-state index is 0.145. The third-order valence-electron chi connectivity index (χ3n) is 5.73. The van der Waals surface area contributed by atoms with Gasteiger partial charge in [0.05, 0.1) is 11.0 Å². The van der Waals surface area contributed by atoms with Crippen LogP contribution in [0.25, 0.3) is 11.0 Å². The molecule has 1 aromatic heterocycles. The number of benzene rings is 1. The highest BCUT2D eigenvalue weighted by molar-refractivity contribution is 5.81. The minimum atomic E-state index is -0.145. The summed E-state index contributed by atoms with van der Waals surface area (Å²) in [6, 6.07) is 8.19. The molecule has 1 saturated heterocycles. The molecule has 1 saturated carbocycles. The van der Waals surface area contributed by atoms with Crippen molar-refractivity contribution in [1.29, 1.82) is 0 Å². The van der Waals surface area contributed by atoms with Gasteiger partial charge in [-0.1, -0.05) is 25.0 Å². The van der Waals surface area contributed by atoms with E-state index in [1.54, 1.807) is 0 Å². The Balaban J connectivity index is 1.59. The molecule has 0 unspecified atom stereocenters. The van der Waals surface area contributed by atoms with Crippen LogP contribution >= 0.6 is 0 Å². The fourth-order valence-electron chi connectivity index (χ4n) is 4.58. The number of aliphatic hydroxyl groups excluding tert-OH is 1. The second-order valence-corrected chi connectivity index (χ2v) is 7.10. The summed E-state index contributed by atoms with van der Waals surface area (Å²) >= 11 is 0. The highest BCUT2D eigenvalue weighted by atomic mass is 16.3. The molecular formula is C19H25N3O2. The van der Waals surface area contributed by atoms with Crippen molar-refractivity contribution in [3.05, 3.63) is 30.1 Å². The molecule has 0 spiro atoms. The molecule has 1 aromatic carbocycles. The van der Waals surface area contributed by atoms with Crippen molar-refractivity contribution in [3.8, 4) is 0 Å². The maximum Gasteiger partial charge on any atom is 0.242 e. The van der Waals surface area contributed by atoms with E-state index in [0.717, 1.165) is 30.4 Å². The maximum atomic E-state index is 13.0. The number of carbonyl (C=O) groups is 1. The molecule has 2 fully saturated rings. The summed E-state index contributed by atoms with van der Waals surface area (Å²) in [4.78, 5) is 19.6. The van der Waals surface area contributed by atoms with Crippen molar-refractivity contribution in [2.75, 3.05) is 6.54 Å². The number of aromatic nitrogens is 2. The molecule has 0 bridgehead atoms.